The number of ether oxygens (including phenoxy) is 1. The Balaban J connectivity index is 1.88. The number of hydrogen-bond donors (Lipinski definition) is 2. The average Bonchev–Trinajstić information content (AvgIpc) is 3.29. The van der Waals surface area contributed by atoms with Gasteiger partial charge >= 0.3 is 0 Å². The zero-order chi connectivity index (χ0) is 16.7. The van der Waals surface area contributed by atoms with Gasteiger partial charge in [0.1, 0.15) is 16.5 Å². The van der Waals surface area contributed by atoms with Crippen molar-refractivity contribution >= 4 is 16.3 Å². The molecule has 1 fully saturated rings. The molecule has 3 aromatic rings. The number of hydrogen-bond acceptors (Lipinski definition) is 5. The van der Waals surface area contributed by atoms with Crippen LogP contribution in [-0.2, 0) is 0 Å². The summed E-state index contributed by atoms with van der Waals surface area (Å²) in [4.78, 5) is 7.51. The summed E-state index contributed by atoms with van der Waals surface area (Å²) in [6.45, 7) is 4.02. The Bertz CT molecular complexity index is 867. The number of aromatic nitrogens is 3. The van der Waals surface area contributed by atoms with Crippen molar-refractivity contribution in [2.45, 2.75) is 25.8 Å². The Morgan fingerprint density at radius 1 is 1.29 bits per heavy atom. The van der Waals surface area contributed by atoms with E-state index in [-0.39, 0.29) is 11.9 Å². The number of nitrogens with one attached hydrogen (secondary N) is 1. The number of fused-ring (bicyclic) bond motifs is 1. The summed E-state index contributed by atoms with van der Waals surface area (Å²) < 4.78 is 7.14. The highest BCUT2D eigenvalue weighted by atomic mass is 32.1. The number of aromatic hydroxyl groups is 1. The van der Waals surface area contributed by atoms with Crippen LogP contribution in [0.5, 0.6) is 11.6 Å². The van der Waals surface area contributed by atoms with E-state index in [0.29, 0.717) is 5.82 Å². The predicted molar refractivity (Wildman–Crippen MR) is 92.0 cm³/mol. The molecule has 126 valence electrons. The molecule has 6 nitrogen and oxygen atoms in total. The van der Waals surface area contributed by atoms with Crippen molar-refractivity contribution in [1.82, 2.24) is 14.6 Å². The van der Waals surface area contributed by atoms with E-state index in [0.717, 1.165) is 34.2 Å². The fourth-order valence-electron chi connectivity index (χ4n) is 3.61. The highest BCUT2D eigenvalue weighted by molar-refractivity contribution is 7.17. The van der Waals surface area contributed by atoms with E-state index in [9.17, 15) is 5.11 Å². The molecule has 4 rings (SSSR count). The maximum atomic E-state index is 10.8. The maximum Gasteiger partial charge on any atom is 0.235 e. The monoisotopic (exact) mass is 345 g/mol. The summed E-state index contributed by atoms with van der Waals surface area (Å²) >= 11 is 1.52. The average molecular weight is 345 g/mol. The quantitative estimate of drug-likeness (QED) is 0.754. The normalized spacial score (nSPS) is 16.8. The number of nitrogens with zero attached hydrogens (tertiary/aromatic N) is 3. The van der Waals surface area contributed by atoms with Crippen LogP contribution in [0.1, 0.15) is 35.1 Å². The zero-order valence-corrected chi connectivity index (χ0v) is 14.6. The molecule has 1 saturated heterocycles. The lowest BCUT2D eigenvalue weighted by molar-refractivity contribution is -0.913. The molecule has 0 radical (unpaired) electrons. The highest BCUT2D eigenvalue weighted by Crippen LogP contribution is 2.38. The fraction of sp³-hybridized carbons (Fsp3) is 0.412. The smallest absolute Gasteiger partial charge is 0.235 e. The minimum absolute atomic E-state index is 0.0393. The summed E-state index contributed by atoms with van der Waals surface area (Å²) in [7, 11) is 1.70. The van der Waals surface area contributed by atoms with Gasteiger partial charge in [-0.05, 0) is 19.1 Å². The summed E-state index contributed by atoms with van der Waals surface area (Å²) in [6.07, 6.45) is 2.42. The van der Waals surface area contributed by atoms with Crippen LogP contribution in [0, 0.1) is 6.92 Å². The van der Waals surface area contributed by atoms with E-state index in [4.69, 9.17) is 4.74 Å². The maximum absolute atomic E-state index is 10.8. The first kappa shape index (κ1) is 15.4. The SMILES string of the molecule is COc1ccccc1[C@H](c1sc2nc(C)nn2c1O)[NH+]1CCCC1. The minimum Gasteiger partial charge on any atom is -0.496 e. The number of thiazole rings is 1. The van der Waals surface area contributed by atoms with Crippen LogP contribution < -0.4 is 9.64 Å². The topological polar surface area (TPSA) is 64.1 Å². The molecule has 0 saturated carbocycles. The first-order valence-corrected chi connectivity index (χ1v) is 9.03. The van der Waals surface area contributed by atoms with E-state index in [1.54, 1.807) is 11.6 Å². The van der Waals surface area contributed by atoms with Crippen LogP contribution in [0.3, 0.4) is 0 Å². The molecule has 2 N–H and O–H groups in total. The molecule has 7 heteroatoms. The third kappa shape index (κ3) is 2.44. The summed E-state index contributed by atoms with van der Waals surface area (Å²) in [6, 6.07) is 8.12. The van der Waals surface area contributed by atoms with E-state index in [1.807, 2.05) is 25.1 Å². The van der Waals surface area contributed by atoms with Crippen LogP contribution in [0.15, 0.2) is 24.3 Å². The Morgan fingerprint density at radius 3 is 2.75 bits per heavy atom. The molecule has 1 aliphatic heterocycles. The lowest BCUT2D eigenvalue weighted by Crippen LogP contribution is -3.10. The molecule has 0 spiro atoms. The van der Waals surface area contributed by atoms with Gasteiger partial charge in [0.25, 0.3) is 0 Å². The Morgan fingerprint density at radius 2 is 2.04 bits per heavy atom. The van der Waals surface area contributed by atoms with Gasteiger partial charge in [-0.15, -0.1) is 5.10 Å². The van der Waals surface area contributed by atoms with Crippen molar-refractivity contribution in [2.75, 3.05) is 20.2 Å². The van der Waals surface area contributed by atoms with Crippen LogP contribution in [-0.4, -0.2) is 39.9 Å². The molecule has 2 aromatic heterocycles. The van der Waals surface area contributed by atoms with Crippen molar-refractivity contribution < 1.29 is 14.7 Å². The van der Waals surface area contributed by atoms with E-state index in [2.05, 4.69) is 16.1 Å². The van der Waals surface area contributed by atoms with Crippen LogP contribution in [0.2, 0.25) is 0 Å². The van der Waals surface area contributed by atoms with Crippen LogP contribution in [0.25, 0.3) is 4.96 Å². The lowest BCUT2D eigenvalue weighted by Gasteiger charge is -2.25. The van der Waals surface area contributed by atoms with E-state index < -0.39 is 0 Å². The first-order chi connectivity index (χ1) is 11.7. The van der Waals surface area contributed by atoms with E-state index in [1.165, 1.54) is 29.1 Å². The van der Waals surface area contributed by atoms with Crippen molar-refractivity contribution in [3.8, 4) is 11.6 Å². The second kappa shape index (κ2) is 6.07. The lowest BCUT2D eigenvalue weighted by atomic mass is 10.0. The number of aryl methyl sites for hydroxylation is 1. The summed E-state index contributed by atoms with van der Waals surface area (Å²) in [5.41, 5.74) is 1.11. The van der Waals surface area contributed by atoms with Gasteiger partial charge in [-0.2, -0.15) is 4.52 Å². The predicted octanol–water partition coefficient (Wildman–Crippen LogP) is 1.58. The number of para-hydroxylation sites is 1. The first-order valence-electron chi connectivity index (χ1n) is 8.21. The van der Waals surface area contributed by atoms with Crippen molar-refractivity contribution in [3.63, 3.8) is 0 Å². The molecule has 0 amide bonds. The Labute approximate surface area is 144 Å². The van der Waals surface area contributed by atoms with Gasteiger partial charge in [0.2, 0.25) is 10.8 Å². The van der Waals surface area contributed by atoms with Gasteiger partial charge in [-0.25, -0.2) is 4.98 Å². The van der Waals surface area contributed by atoms with Gasteiger partial charge in [-0.3, -0.25) is 0 Å². The molecular weight excluding hydrogens is 324 g/mol. The van der Waals surface area contributed by atoms with Gasteiger partial charge < -0.3 is 14.7 Å². The number of methoxy groups -OCH3 is 1. The second-order valence-electron chi connectivity index (χ2n) is 6.18. The summed E-state index contributed by atoms with van der Waals surface area (Å²) in [5.74, 6) is 1.73. The molecule has 0 bridgehead atoms. The minimum atomic E-state index is 0.0393. The molecule has 1 aromatic carbocycles. The third-order valence-electron chi connectivity index (χ3n) is 4.67. The fourth-order valence-corrected chi connectivity index (χ4v) is 4.78. The van der Waals surface area contributed by atoms with Crippen LogP contribution in [0.4, 0.5) is 0 Å². The molecule has 3 heterocycles. The zero-order valence-electron chi connectivity index (χ0n) is 13.8. The number of benzene rings is 1. The molecule has 1 atom stereocenters. The molecule has 24 heavy (non-hydrogen) atoms. The number of rotatable bonds is 4. The van der Waals surface area contributed by atoms with Crippen molar-refractivity contribution in [1.29, 1.82) is 0 Å². The second-order valence-corrected chi connectivity index (χ2v) is 7.19. The van der Waals surface area contributed by atoms with Crippen molar-refractivity contribution in [2.24, 2.45) is 0 Å². The molecule has 0 aliphatic carbocycles. The molecule has 0 unspecified atom stereocenters. The van der Waals surface area contributed by atoms with E-state index >= 15 is 0 Å². The molecular formula is C17H21N4O2S+. The standard InChI is InChI=1S/C17H20N4O2S/c1-11-18-17-21(19-11)16(22)15(24-17)14(20-9-5-6-10-20)12-7-3-4-8-13(12)23-2/h3-4,7-8,14,22H,5-6,9-10H2,1-2H3/p+1/t14-/m1/s1. The number of quaternary nitrogens is 1. The van der Waals surface area contributed by atoms with Crippen LogP contribution >= 0.6 is 11.3 Å². The molecule has 1 aliphatic rings. The van der Waals surface area contributed by atoms with Gasteiger partial charge in [0, 0.05) is 12.8 Å². The Kier molecular flexibility index (Phi) is 3.90. The van der Waals surface area contributed by atoms with Gasteiger partial charge in [0.15, 0.2) is 6.04 Å². The largest absolute Gasteiger partial charge is 0.496 e. The highest BCUT2D eigenvalue weighted by Gasteiger charge is 2.36. The third-order valence-corrected chi connectivity index (χ3v) is 5.76. The van der Waals surface area contributed by atoms with Crippen molar-refractivity contribution in [3.05, 3.63) is 40.5 Å². The van der Waals surface area contributed by atoms with Gasteiger partial charge in [-0.1, -0.05) is 23.5 Å². The van der Waals surface area contributed by atoms with Gasteiger partial charge in [0.05, 0.1) is 25.8 Å². The number of likely N-dealkylation sites (tertiary alicyclic amines) is 1. The summed E-state index contributed by atoms with van der Waals surface area (Å²) in [5, 5.41) is 15.1. The Hall–Kier alpha value is -2.12.